The van der Waals surface area contributed by atoms with Gasteiger partial charge in [-0.2, -0.15) is 5.26 Å². The van der Waals surface area contributed by atoms with Gasteiger partial charge in [-0.1, -0.05) is 19.1 Å². The molecular weight excluding hydrogens is 372 g/mol. The molecule has 0 saturated heterocycles. The molecule has 1 atom stereocenters. The number of carbonyl (C=O) groups is 2. The van der Waals surface area contributed by atoms with E-state index in [4.69, 9.17) is 10.00 Å². The van der Waals surface area contributed by atoms with Crippen molar-refractivity contribution >= 4 is 35.0 Å². The summed E-state index contributed by atoms with van der Waals surface area (Å²) in [5.41, 5.74) is 2.59. The Morgan fingerprint density at radius 2 is 2.11 bits per heavy atom. The molecule has 1 heterocycles. The van der Waals surface area contributed by atoms with Crippen LogP contribution in [0.1, 0.15) is 45.9 Å². The zero-order chi connectivity index (χ0) is 20.1. The minimum absolute atomic E-state index is 0.0583. The first-order valence-corrected chi connectivity index (χ1v) is 10.1. The number of thiophene rings is 1. The summed E-state index contributed by atoms with van der Waals surface area (Å²) in [6.45, 7) is 4.15. The van der Waals surface area contributed by atoms with Gasteiger partial charge in [0.1, 0.15) is 11.6 Å². The van der Waals surface area contributed by atoms with Gasteiger partial charge in [0.05, 0.1) is 11.5 Å². The van der Waals surface area contributed by atoms with Crippen molar-refractivity contribution in [3.8, 4) is 6.07 Å². The Kier molecular flexibility index (Phi) is 6.27. The SMILES string of the molecule is CCOC(=O)/C(C#N)=C\c1ccc(NC(=O)c2cc3c(s2)CC[C@@H](C)C3)cc1. The van der Waals surface area contributed by atoms with Crippen molar-refractivity contribution in [3.05, 3.63) is 56.8 Å². The lowest BCUT2D eigenvalue weighted by molar-refractivity contribution is -0.137. The maximum absolute atomic E-state index is 12.6. The van der Waals surface area contributed by atoms with Crippen LogP contribution in [0.4, 0.5) is 5.69 Å². The van der Waals surface area contributed by atoms with Gasteiger partial charge in [-0.15, -0.1) is 11.3 Å². The van der Waals surface area contributed by atoms with Gasteiger partial charge >= 0.3 is 5.97 Å². The largest absolute Gasteiger partial charge is 0.462 e. The molecule has 1 aliphatic rings. The average Bonchev–Trinajstić information content (AvgIpc) is 3.11. The number of nitrogens with zero attached hydrogens (tertiary/aromatic N) is 1. The number of aryl methyl sites for hydroxylation is 1. The van der Waals surface area contributed by atoms with Crippen LogP contribution in [0.25, 0.3) is 6.08 Å². The molecule has 1 amide bonds. The molecule has 1 N–H and O–H groups in total. The molecule has 0 unspecified atom stereocenters. The summed E-state index contributed by atoms with van der Waals surface area (Å²) in [5, 5.41) is 12.0. The second-order valence-corrected chi connectivity index (χ2v) is 8.01. The van der Waals surface area contributed by atoms with Gasteiger partial charge in [0, 0.05) is 10.6 Å². The van der Waals surface area contributed by atoms with Gasteiger partial charge in [0.2, 0.25) is 0 Å². The van der Waals surface area contributed by atoms with E-state index in [-0.39, 0.29) is 18.1 Å². The number of hydrogen-bond acceptors (Lipinski definition) is 5. The van der Waals surface area contributed by atoms with E-state index >= 15 is 0 Å². The average molecular weight is 394 g/mol. The van der Waals surface area contributed by atoms with Crippen LogP contribution in [0.3, 0.4) is 0 Å². The standard InChI is InChI=1S/C22H22N2O3S/c1-3-27-22(26)17(13-23)11-15-5-7-18(8-6-15)24-21(25)20-12-16-10-14(2)4-9-19(16)28-20/h5-8,11-12,14H,3-4,9-10H2,1-2H3,(H,24,25)/b17-11-/t14-/m1/s1. The fourth-order valence-corrected chi connectivity index (χ4v) is 4.29. The molecule has 1 aromatic carbocycles. The Bertz CT molecular complexity index is 951. The maximum Gasteiger partial charge on any atom is 0.348 e. The van der Waals surface area contributed by atoms with E-state index in [2.05, 4.69) is 12.2 Å². The lowest BCUT2D eigenvalue weighted by Crippen LogP contribution is -2.10. The van der Waals surface area contributed by atoms with Gasteiger partial charge in [0.15, 0.2) is 0 Å². The monoisotopic (exact) mass is 394 g/mol. The number of benzene rings is 1. The summed E-state index contributed by atoms with van der Waals surface area (Å²) in [5.74, 6) is -0.0792. The maximum atomic E-state index is 12.6. The van der Waals surface area contributed by atoms with Crippen molar-refractivity contribution < 1.29 is 14.3 Å². The van der Waals surface area contributed by atoms with E-state index < -0.39 is 5.97 Å². The van der Waals surface area contributed by atoms with Crippen molar-refractivity contribution in [2.45, 2.75) is 33.1 Å². The Hall–Kier alpha value is -2.91. The first-order valence-electron chi connectivity index (χ1n) is 9.32. The number of esters is 1. The van der Waals surface area contributed by atoms with Gasteiger partial charge in [-0.05, 0) is 67.5 Å². The minimum atomic E-state index is -0.640. The van der Waals surface area contributed by atoms with Crippen molar-refractivity contribution in [2.24, 2.45) is 5.92 Å². The smallest absolute Gasteiger partial charge is 0.348 e. The highest BCUT2D eigenvalue weighted by Gasteiger charge is 2.20. The summed E-state index contributed by atoms with van der Waals surface area (Å²) in [4.78, 5) is 26.3. The molecule has 2 aromatic rings. The summed E-state index contributed by atoms with van der Waals surface area (Å²) < 4.78 is 4.85. The van der Waals surface area contributed by atoms with Crippen LogP contribution in [0.2, 0.25) is 0 Å². The lowest BCUT2D eigenvalue weighted by Gasteiger charge is -2.16. The molecule has 0 radical (unpaired) electrons. The lowest BCUT2D eigenvalue weighted by atomic mass is 9.90. The number of amides is 1. The highest BCUT2D eigenvalue weighted by atomic mass is 32.1. The Morgan fingerprint density at radius 3 is 2.79 bits per heavy atom. The molecule has 0 saturated carbocycles. The van der Waals surface area contributed by atoms with Crippen LogP contribution in [-0.4, -0.2) is 18.5 Å². The fraction of sp³-hybridized carbons (Fsp3) is 0.318. The van der Waals surface area contributed by atoms with Crippen LogP contribution >= 0.6 is 11.3 Å². The molecule has 6 heteroatoms. The van der Waals surface area contributed by atoms with Gasteiger partial charge in [-0.3, -0.25) is 4.79 Å². The first kappa shape index (κ1) is 19.8. The minimum Gasteiger partial charge on any atom is -0.462 e. The Labute approximate surface area is 168 Å². The van der Waals surface area contributed by atoms with E-state index in [0.717, 1.165) is 17.7 Å². The molecule has 0 aliphatic heterocycles. The highest BCUT2D eigenvalue weighted by Crippen LogP contribution is 2.32. The number of fused-ring (bicyclic) bond motifs is 1. The fourth-order valence-electron chi connectivity index (χ4n) is 3.19. The van der Waals surface area contributed by atoms with Crippen molar-refractivity contribution in [1.82, 2.24) is 0 Å². The predicted molar refractivity (Wildman–Crippen MR) is 110 cm³/mol. The van der Waals surface area contributed by atoms with Crippen LogP contribution in [-0.2, 0) is 22.4 Å². The molecule has 1 aromatic heterocycles. The highest BCUT2D eigenvalue weighted by molar-refractivity contribution is 7.14. The van der Waals surface area contributed by atoms with Gasteiger partial charge < -0.3 is 10.1 Å². The third-order valence-electron chi connectivity index (χ3n) is 4.65. The second-order valence-electron chi connectivity index (χ2n) is 6.87. The number of rotatable bonds is 5. The van der Waals surface area contributed by atoms with Crippen molar-refractivity contribution in [3.63, 3.8) is 0 Å². The van der Waals surface area contributed by atoms with Gasteiger partial charge in [0.25, 0.3) is 5.91 Å². The Balaban J connectivity index is 1.68. The quantitative estimate of drug-likeness (QED) is 0.457. The summed E-state index contributed by atoms with van der Waals surface area (Å²) in [7, 11) is 0. The Morgan fingerprint density at radius 1 is 1.36 bits per heavy atom. The molecule has 28 heavy (non-hydrogen) atoms. The van der Waals surface area contributed by atoms with E-state index in [1.165, 1.54) is 22.9 Å². The topological polar surface area (TPSA) is 79.2 Å². The number of ether oxygens (including phenoxy) is 1. The number of hydrogen-bond donors (Lipinski definition) is 1. The molecule has 0 spiro atoms. The molecule has 0 fully saturated rings. The molecular formula is C22H22N2O3S. The third-order valence-corrected chi connectivity index (χ3v) is 5.88. The summed E-state index contributed by atoms with van der Waals surface area (Å²) >= 11 is 1.58. The normalized spacial score (nSPS) is 16.0. The van der Waals surface area contributed by atoms with Gasteiger partial charge in [-0.25, -0.2) is 4.79 Å². The van der Waals surface area contributed by atoms with E-state index in [1.807, 2.05) is 12.1 Å². The second kappa shape index (κ2) is 8.85. The first-order chi connectivity index (χ1) is 13.5. The third kappa shape index (κ3) is 4.68. The van der Waals surface area contributed by atoms with Crippen LogP contribution in [0.5, 0.6) is 0 Å². The summed E-state index contributed by atoms with van der Waals surface area (Å²) in [6.07, 6.45) is 4.75. The molecule has 1 aliphatic carbocycles. The number of nitrogens with one attached hydrogen (secondary N) is 1. The number of nitriles is 1. The number of anilines is 1. The predicted octanol–water partition coefficient (Wildman–Crippen LogP) is 4.60. The van der Waals surface area contributed by atoms with E-state index in [0.29, 0.717) is 17.2 Å². The van der Waals surface area contributed by atoms with Crippen LogP contribution < -0.4 is 5.32 Å². The molecule has 3 rings (SSSR count). The molecule has 144 valence electrons. The van der Waals surface area contributed by atoms with Crippen LogP contribution in [0.15, 0.2) is 35.9 Å². The zero-order valence-corrected chi connectivity index (χ0v) is 16.8. The van der Waals surface area contributed by atoms with Crippen LogP contribution in [0, 0.1) is 17.2 Å². The van der Waals surface area contributed by atoms with Crippen molar-refractivity contribution in [1.29, 1.82) is 5.26 Å². The summed E-state index contributed by atoms with van der Waals surface area (Å²) in [6, 6.07) is 10.8. The van der Waals surface area contributed by atoms with E-state index in [1.54, 1.807) is 42.5 Å². The molecule has 5 nitrogen and oxygen atoms in total. The molecule has 0 bridgehead atoms. The number of carbonyl (C=O) groups excluding carboxylic acids is 2. The zero-order valence-electron chi connectivity index (χ0n) is 16.0. The van der Waals surface area contributed by atoms with E-state index in [9.17, 15) is 9.59 Å². The van der Waals surface area contributed by atoms with Crippen molar-refractivity contribution in [2.75, 3.05) is 11.9 Å².